The largest absolute Gasteiger partial charge is 0.490 e. The normalized spacial score (nSPS) is 40.3. The van der Waals surface area contributed by atoms with Gasteiger partial charge >= 0.3 is 0 Å². The number of hydrogen-bond acceptors (Lipinski definition) is 4. The van der Waals surface area contributed by atoms with Gasteiger partial charge in [0, 0.05) is 11.1 Å². The number of aliphatic hydroxyl groups excluding tert-OH is 2. The number of fused-ring (bicyclic) bond motifs is 1. The molecule has 0 amide bonds. The summed E-state index contributed by atoms with van der Waals surface area (Å²) in [7, 11) is 0. The Morgan fingerprint density at radius 2 is 0.895 bits per heavy atom. The van der Waals surface area contributed by atoms with Gasteiger partial charge in [-0.3, -0.25) is 0 Å². The molecule has 8 aliphatic carbocycles. The fraction of sp³-hybridized carbons (Fsp3) is 0.706. The summed E-state index contributed by atoms with van der Waals surface area (Å²) in [6, 6.07) is 9.35. The predicted octanol–water partition coefficient (Wildman–Crippen LogP) is 6.52. The first-order chi connectivity index (χ1) is 18.6. The Morgan fingerprint density at radius 1 is 0.553 bits per heavy atom. The molecule has 0 radical (unpaired) electrons. The summed E-state index contributed by atoms with van der Waals surface area (Å²) >= 11 is 0. The van der Waals surface area contributed by atoms with Gasteiger partial charge in [0.05, 0.1) is 18.6 Å². The standard InChI is InChI=1S/C34H44O4/c35-5-7-37-31-28(33-15-21-9-22(16-33)11-23(10-21)17-33)3-1-27-2-4-29(32(30(27)31)38-8-6-36)34-18-24-12-25(19-34)14-26(13-24)20-34/h1-4,21-26,35-36H,5-20H2. The van der Waals surface area contributed by atoms with E-state index in [2.05, 4.69) is 24.3 Å². The molecule has 2 aromatic carbocycles. The average molecular weight is 517 g/mol. The molecule has 0 spiro atoms. The van der Waals surface area contributed by atoms with Crippen LogP contribution in [0.2, 0.25) is 0 Å². The van der Waals surface area contributed by atoms with E-state index in [1.54, 1.807) is 0 Å². The van der Waals surface area contributed by atoms with E-state index in [0.717, 1.165) is 57.8 Å². The van der Waals surface area contributed by atoms with E-state index in [9.17, 15) is 10.2 Å². The van der Waals surface area contributed by atoms with Crippen LogP contribution < -0.4 is 9.47 Å². The van der Waals surface area contributed by atoms with E-state index in [0.29, 0.717) is 13.2 Å². The summed E-state index contributed by atoms with van der Waals surface area (Å²) in [4.78, 5) is 0. The highest BCUT2D eigenvalue weighted by Gasteiger charge is 2.54. The molecule has 10 rings (SSSR count). The van der Waals surface area contributed by atoms with Crippen LogP contribution >= 0.6 is 0 Å². The van der Waals surface area contributed by atoms with Crippen LogP contribution in [0.4, 0.5) is 0 Å². The van der Waals surface area contributed by atoms with Crippen molar-refractivity contribution in [2.24, 2.45) is 35.5 Å². The molecule has 0 unspecified atom stereocenters. The first kappa shape index (κ1) is 24.1. The van der Waals surface area contributed by atoms with Gasteiger partial charge in [-0.15, -0.1) is 0 Å². The Kier molecular flexibility index (Phi) is 5.61. The Morgan fingerprint density at radius 3 is 1.21 bits per heavy atom. The van der Waals surface area contributed by atoms with E-state index < -0.39 is 0 Å². The second kappa shape index (κ2) is 8.86. The van der Waals surface area contributed by atoms with Gasteiger partial charge in [0.2, 0.25) is 0 Å². The van der Waals surface area contributed by atoms with Gasteiger partial charge in [-0.25, -0.2) is 0 Å². The Bertz CT molecular complexity index is 1070. The van der Waals surface area contributed by atoms with Crippen molar-refractivity contribution in [3.63, 3.8) is 0 Å². The van der Waals surface area contributed by atoms with Crippen molar-refractivity contribution in [2.75, 3.05) is 26.4 Å². The number of hydrogen-bond donors (Lipinski definition) is 2. The van der Waals surface area contributed by atoms with E-state index in [1.165, 1.54) is 88.2 Å². The molecule has 4 heteroatoms. The smallest absolute Gasteiger partial charge is 0.134 e. The molecule has 0 atom stereocenters. The maximum Gasteiger partial charge on any atom is 0.134 e. The molecule has 0 aromatic heterocycles. The van der Waals surface area contributed by atoms with Crippen LogP contribution in [0.3, 0.4) is 0 Å². The topological polar surface area (TPSA) is 58.9 Å². The number of ether oxygens (including phenoxy) is 2. The van der Waals surface area contributed by atoms with E-state index in [4.69, 9.17) is 9.47 Å². The average Bonchev–Trinajstić information content (AvgIpc) is 2.88. The molecule has 0 aliphatic heterocycles. The molecule has 0 saturated heterocycles. The lowest BCUT2D eigenvalue weighted by molar-refractivity contribution is -0.00665. The second-order valence-corrected chi connectivity index (χ2v) is 14.5. The number of benzene rings is 2. The number of aliphatic hydroxyl groups is 2. The molecule has 204 valence electrons. The summed E-state index contributed by atoms with van der Waals surface area (Å²) in [5.41, 5.74) is 3.13. The molecule has 0 heterocycles. The molecule has 8 fully saturated rings. The molecule has 8 aliphatic rings. The van der Waals surface area contributed by atoms with Crippen LogP contribution in [0.15, 0.2) is 24.3 Å². The zero-order valence-electron chi connectivity index (χ0n) is 22.8. The lowest BCUT2D eigenvalue weighted by atomic mass is 9.47. The van der Waals surface area contributed by atoms with E-state index in [1.807, 2.05) is 0 Å². The first-order valence-electron chi connectivity index (χ1n) is 15.7. The molecule has 8 bridgehead atoms. The van der Waals surface area contributed by atoms with Crippen LogP contribution in [0, 0.1) is 35.5 Å². The highest BCUT2D eigenvalue weighted by Crippen LogP contribution is 2.65. The van der Waals surface area contributed by atoms with Crippen molar-refractivity contribution in [3.8, 4) is 11.5 Å². The summed E-state index contributed by atoms with van der Waals surface area (Å²) in [5, 5.41) is 22.0. The van der Waals surface area contributed by atoms with Gasteiger partial charge < -0.3 is 19.7 Å². The molecule has 8 saturated carbocycles. The summed E-state index contributed by atoms with van der Waals surface area (Å²) in [6.45, 7) is 0.634. The lowest BCUT2D eigenvalue weighted by Gasteiger charge is -2.57. The molecule has 2 aromatic rings. The Hall–Kier alpha value is -1.78. The number of rotatable bonds is 8. The highest BCUT2D eigenvalue weighted by atomic mass is 16.5. The van der Waals surface area contributed by atoms with Crippen LogP contribution in [0.5, 0.6) is 11.5 Å². The monoisotopic (exact) mass is 516 g/mol. The van der Waals surface area contributed by atoms with Gasteiger partial charge in [-0.1, -0.05) is 24.3 Å². The van der Waals surface area contributed by atoms with Crippen molar-refractivity contribution in [3.05, 3.63) is 35.4 Å². The van der Waals surface area contributed by atoms with Gasteiger partial charge in [-0.2, -0.15) is 0 Å². The maximum atomic E-state index is 9.85. The zero-order chi connectivity index (χ0) is 25.5. The molecule has 4 nitrogen and oxygen atoms in total. The maximum absolute atomic E-state index is 9.85. The van der Waals surface area contributed by atoms with Crippen molar-refractivity contribution >= 4 is 10.8 Å². The fourth-order valence-electron chi connectivity index (χ4n) is 11.7. The molecular formula is C34H44O4. The second-order valence-electron chi connectivity index (χ2n) is 14.5. The van der Waals surface area contributed by atoms with Crippen LogP contribution in [0.1, 0.15) is 88.2 Å². The Balaban J connectivity index is 1.33. The van der Waals surface area contributed by atoms with Crippen molar-refractivity contribution in [1.29, 1.82) is 0 Å². The van der Waals surface area contributed by atoms with Gasteiger partial charge in [0.15, 0.2) is 0 Å². The third-order valence-electron chi connectivity index (χ3n) is 12.0. The summed E-state index contributed by atoms with van der Waals surface area (Å²) < 4.78 is 13.2. The van der Waals surface area contributed by atoms with Crippen LogP contribution in [-0.4, -0.2) is 36.6 Å². The SMILES string of the molecule is OCCOc1c(C23CC4CC(CC(C4)C2)C3)ccc2ccc(C34CC5CC(CC(C5)C3)C4)c(OCCO)c12. The third kappa shape index (κ3) is 3.61. The first-order valence-corrected chi connectivity index (χ1v) is 15.7. The minimum Gasteiger partial charge on any atom is -0.490 e. The molecular weight excluding hydrogens is 472 g/mol. The molecule has 38 heavy (non-hydrogen) atoms. The third-order valence-corrected chi connectivity index (χ3v) is 12.0. The summed E-state index contributed by atoms with van der Waals surface area (Å²) in [5.74, 6) is 7.06. The van der Waals surface area contributed by atoms with Crippen molar-refractivity contribution < 1.29 is 19.7 Å². The van der Waals surface area contributed by atoms with Crippen LogP contribution in [0.25, 0.3) is 10.8 Å². The van der Waals surface area contributed by atoms with E-state index in [-0.39, 0.29) is 24.0 Å². The zero-order valence-corrected chi connectivity index (χ0v) is 22.8. The van der Waals surface area contributed by atoms with Crippen LogP contribution in [-0.2, 0) is 10.8 Å². The van der Waals surface area contributed by atoms with E-state index >= 15 is 0 Å². The lowest BCUT2D eigenvalue weighted by Crippen LogP contribution is -2.49. The van der Waals surface area contributed by atoms with Crippen molar-refractivity contribution in [1.82, 2.24) is 0 Å². The van der Waals surface area contributed by atoms with Gasteiger partial charge in [0.1, 0.15) is 24.7 Å². The fourth-order valence-corrected chi connectivity index (χ4v) is 11.7. The quantitative estimate of drug-likeness (QED) is 0.420. The van der Waals surface area contributed by atoms with Gasteiger partial charge in [0.25, 0.3) is 0 Å². The predicted molar refractivity (Wildman–Crippen MR) is 149 cm³/mol. The molecule has 2 N–H and O–H groups in total. The summed E-state index contributed by atoms with van der Waals surface area (Å²) in [6.07, 6.45) is 16.2. The highest BCUT2D eigenvalue weighted by molar-refractivity contribution is 5.96. The minimum atomic E-state index is 0.0121. The van der Waals surface area contributed by atoms with Gasteiger partial charge in [-0.05, 0) is 129 Å². The Labute approximate surface area is 227 Å². The minimum absolute atomic E-state index is 0.0121. The van der Waals surface area contributed by atoms with Crippen molar-refractivity contribution in [2.45, 2.75) is 87.9 Å².